The van der Waals surface area contributed by atoms with E-state index in [1.807, 2.05) is 6.92 Å². The molecule has 4 aliphatic carbocycles. The fourth-order valence-electron chi connectivity index (χ4n) is 4.89. The molecule has 0 aromatic rings. The Morgan fingerprint density at radius 3 is 2.35 bits per heavy atom. The molecule has 4 rings (SSSR count). The Morgan fingerprint density at radius 1 is 1.25 bits per heavy atom. The van der Waals surface area contributed by atoms with Gasteiger partial charge in [0.1, 0.15) is 5.60 Å². The third-order valence-corrected chi connectivity index (χ3v) is 5.66. The highest BCUT2D eigenvalue weighted by Crippen LogP contribution is 2.57. The molecule has 4 saturated carbocycles. The first-order valence-corrected chi connectivity index (χ1v) is 8.44. The second kappa shape index (κ2) is 5.00. The van der Waals surface area contributed by atoms with Crippen LogP contribution >= 0.6 is 15.9 Å². The molecule has 5 heteroatoms. The number of rotatable bonds is 3. The summed E-state index contributed by atoms with van der Waals surface area (Å²) in [5.41, 5.74) is -0.233. The van der Waals surface area contributed by atoms with Crippen LogP contribution in [0.15, 0.2) is 0 Å². The number of carbonyl (C=O) groups excluding carboxylic acids is 2. The zero-order valence-electron chi connectivity index (χ0n) is 12.0. The first kappa shape index (κ1) is 14.4. The van der Waals surface area contributed by atoms with Crippen molar-refractivity contribution >= 4 is 27.8 Å². The van der Waals surface area contributed by atoms with E-state index in [1.54, 1.807) is 0 Å². The average Bonchev–Trinajstić information content (AvgIpc) is 2.30. The number of amides is 1. The van der Waals surface area contributed by atoms with Crippen molar-refractivity contribution in [2.75, 3.05) is 0 Å². The summed E-state index contributed by atoms with van der Waals surface area (Å²) in [6.45, 7) is 3.36. The fourth-order valence-corrected chi connectivity index (χ4v) is 5.03. The number of hydrogen-bond donors (Lipinski definition) is 1. The maximum atomic E-state index is 11.9. The molecular formula is C15H22BrNO3. The molecule has 0 heterocycles. The highest BCUT2D eigenvalue weighted by Gasteiger charge is 2.57. The van der Waals surface area contributed by atoms with Crippen molar-refractivity contribution in [2.45, 2.75) is 62.4 Å². The van der Waals surface area contributed by atoms with Crippen LogP contribution in [0.4, 0.5) is 0 Å². The summed E-state index contributed by atoms with van der Waals surface area (Å²) >= 11 is 3.33. The van der Waals surface area contributed by atoms with Crippen molar-refractivity contribution in [1.29, 1.82) is 0 Å². The molecule has 4 aliphatic rings. The molecule has 0 aliphatic heterocycles. The van der Waals surface area contributed by atoms with E-state index in [1.165, 1.54) is 19.8 Å². The number of halogens is 1. The zero-order valence-corrected chi connectivity index (χ0v) is 13.6. The first-order chi connectivity index (χ1) is 9.38. The largest absolute Gasteiger partial charge is 0.459 e. The topological polar surface area (TPSA) is 55.4 Å². The summed E-state index contributed by atoms with van der Waals surface area (Å²) in [6.07, 6.45) is 5.19. The minimum absolute atomic E-state index is 0.0732. The third-order valence-electron chi connectivity index (χ3n) is 5.25. The summed E-state index contributed by atoms with van der Waals surface area (Å²) < 4.78 is 5.69. The predicted octanol–water partition coefficient (Wildman–Crippen LogP) is 2.40. The Bertz CT molecular complexity index is 421. The number of alkyl halides is 1. The van der Waals surface area contributed by atoms with Gasteiger partial charge in [-0.05, 0) is 56.8 Å². The van der Waals surface area contributed by atoms with Crippen LogP contribution in [-0.2, 0) is 14.3 Å². The van der Waals surface area contributed by atoms with Gasteiger partial charge in [-0.2, -0.15) is 0 Å². The Balaban J connectivity index is 1.74. The third kappa shape index (κ3) is 2.49. The number of nitrogens with one attached hydrogen (secondary N) is 1. The van der Waals surface area contributed by atoms with E-state index in [4.69, 9.17) is 4.74 Å². The first-order valence-electron chi connectivity index (χ1n) is 7.52. The van der Waals surface area contributed by atoms with Crippen LogP contribution < -0.4 is 5.32 Å². The van der Waals surface area contributed by atoms with Crippen LogP contribution in [0.2, 0.25) is 0 Å². The van der Waals surface area contributed by atoms with Crippen LogP contribution in [-0.4, -0.2) is 28.3 Å². The highest BCUT2D eigenvalue weighted by atomic mass is 79.9. The second-order valence-corrected chi connectivity index (χ2v) is 8.27. The molecule has 0 saturated heterocycles. The number of hydrogen-bond acceptors (Lipinski definition) is 3. The van der Waals surface area contributed by atoms with Crippen LogP contribution in [0.1, 0.15) is 46.0 Å². The minimum atomic E-state index is -0.233. The highest BCUT2D eigenvalue weighted by molar-refractivity contribution is 9.10. The van der Waals surface area contributed by atoms with Crippen LogP contribution in [0.25, 0.3) is 0 Å². The Morgan fingerprint density at radius 2 is 1.85 bits per heavy atom. The lowest BCUT2D eigenvalue weighted by Gasteiger charge is -2.59. The molecule has 0 radical (unpaired) electrons. The number of esters is 1. The molecule has 6 atom stereocenters. The summed E-state index contributed by atoms with van der Waals surface area (Å²) in [5, 5.41) is 3.21. The van der Waals surface area contributed by atoms with Gasteiger partial charge in [0, 0.05) is 13.0 Å². The Kier molecular flexibility index (Phi) is 3.59. The molecule has 20 heavy (non-hydrogen) atoms. The molecule has 0 spiro atoms. The average molecular weight is 344 g/mol. The summed E-state index contributed by atoms with van der Waals surface area (Å²) in [7, 11) is 0. The smallest absolute Gasteiger partial charge is 0.303 e. The normalized spacial score (nSPS) is 43.1. The minimum Gasteiger partial charge on any atom is -0.459 e. The van der Waals surface area contributed by atoms with Crippen molar-refractivity contribution in [3.63, 3.8) is 0 Å². The van der Waals surface area contributed by atoms with E-state index in [-0.39, 0.29) is 28.3 Å². The standard InChI is InChI=1S/C15H22BrNO3/c1-8(16)14(19)17-13-11-3-10-4-12(13)7-15(5-10,6-11)20-9(2)18/h8,10-13H,3-7H2,1-2H3,(H,17,19)/t8?,10?,11-,12+,13?,15?. The lowest BCUT2D eigenvalue weighted by atomic mass is 9.52. The second-order valence-electron chi connectivity index (χ2n) is 6.90. The van der Waals surface area contributed by atoms with Crippen LogP contribution in [0.3, 0.4) is 0 Å². The fraction of sp³-hybridized carbons (Fsp3) is 0.867. The SMILES string of the molecule is CC(=O)OC12CC3C[C@H](C1)C(NC(=O)C(C)Br)[C@@H](C3)C2. The van der Waals surface area contributed by atoms with E-state index in [0.29, 0.717) is 17.8 Å². The zero-order chi connectivity index (χ0) is 14.5. The molecule has 4 bridgehead atoms. The lowest BCUT2D eigenvalue weighted by Crippen LogP contribution is -2.63. The summed E-state index contributed by atoms with van der Waals surface area (Å²) in [6, 6.07) is 0.266. The van der Waals surface area contributed by atoms with E-state index in [2.05, 4.69) is 21.2 Å². The molecular weight excluding hydrogens is 322 g/mol. The van der Waals surface area contributed by atoms with Gasteiger partial charge in [0.2, 0.25) is 5.91 Å². The quantitative estimate of drug-likeness (QED) is 0.632. The van der Waals surface area contributed by atoms with Crippen molar-refractivity contribution in [3.8, 4) is 0 Å². The monoisotopic (exact) mass is 343 g/mol. The van der Waals surface area contributed by atoms with E-state index >= 15 is 0 Å². The van der Waals surface area contributed by atoms with Crippen LogP contribution in [0.5, 0.6) is 0 Å². The molecule has 0 aromatic heterocycles. The molecule has 1 amide bonds. The van der Waals surface area contributed by atoms with Crippen molar-refractivity contribution in [2.24, 2.45) is 17.8 Å². The lowest BCUT2D eigenvalue weighted by molar-refractivity contribution is -0.189. The van der Waals surface area contributed by atoms with E-state index < -0.39 is 0 Å². The van der Waals surface area contributed by atoms with Crippen molar-refractivity contribution in [1.82, 2.24) is 5.32 Å². The summed E-state index contributed by atoms with van der Waals surface area (Å²) in [5.74, 6) is 1.51. The predicted molar refractivity (Wildman–Crippen MR) is 78.4 cm³/mol. The molecule has 4 unspecified atom stereocenters. The molecule has 1 N–H and O–H groups in total. The Labute approximate surface area is 128 Å². The van der Waals surface area contributed by atoms with Gasteiger partial charge in [-0.25, -0.2) is 0 Å². The van der Waals surface area contributed by atoms with E-state index in [9.17, 15) is 9.59 Å². The van der Waals surface area contributed by atoms with Gasteiger partial charge in [-0.1, -0.05) is 15.9 Å². The van der Waals surface area contributed by atoms with Crippen molar-refractivity contribution in [3.05, 3.63) is 0 Å². The van der Waals surface area contributed by atoms with Crippen LogP contribution in [0, 0.1) is 17.8 Å². The van der Waals surface area contributed by atoms with Gasteiger partial charge in [0.15, 0.2) is 0 Å². The molecule has 4 fully saturated rings. The van der Waals surface area contributed by atoms with Crippen molar-refractivity contribution < 1.29 is 14.3 Å². The summed E-state index contributed by atoms with van der Waals surface area (Å²) in [4.78, 5) is 23.2. The van der Waals surface area contributed by atoms with Gasteiger partial charge >= 0.3 is 5.97 Å². The van der Waals surface area contributed by atoms with E-state index in [0.717, 1.165) is 19.3 Å². The molecule has 0 aromatic carbocycles. The number of ether oxygens (including phenoxy) is 1. The maximum Gasteiger partial charge on any atom is 0.303 e. The Hall–Kier alpha value is -0.580. The van der Waals surface area contributed by atoms with Gasteiger partial charge in [0.05, 0.1) is 4.83 Å². The molecule has 112 valence electrons. The van der Waals surface area contributed by atoms with Gasteiger partial charge in [-0.15, -0.1) is 0 Å². The van der Waals surface area contributed by atoms with Gasteiger partial charge in [-0.3, -0.25) is 9.59 Å². The van der Waals surface area contributed by atoms with Gasteiger partial charge < -0.3 is 10.1 Å². The molecule has 4 nitrogen and oxygen atoms in total. The number of carbonyl (C=O) groups is 2. The van der Waals surface area contributed by atoms with Gasteiger partial charge in [0.25, 0.3) is 0 Å². The maximum absolute atomic E-state index is 11.9.